The maximum atomic E-state index is 13.2. The van der Waals surface area contributed by atoms with Crippen LogP contribution in [0.3, 0.4) is 0 Å². The predicted octanol–water partition coefficient (Wildman–Crippen LogP) is 3.83. The van der Waals surface area contributed by atoms with E-state index in [1.165, 1.54) is 6.26 Å². The lowest BCUT2D eigenvalue weighted by molar-refractivity contribution is 0.320. The Hall–Kier alpha value is -3.06. The quantitative estimate of drug-likeness (QED) is 0.672. The van der Waals surface area contributed by atoms with Gasteiger partial charge in [0.15, 0.2) is 0 Å². The molecule has 6 nitrogen and oxygen atoms in total. The topological polar surface area (TPSA) is 72.1 Å². The average Bonchev–Trinajstić information content (AvgIpc) is 3.38. The van der Waals surface area contributed by atoms with Crippen molar-refractivity contribution in [3.05, 3.63) is 84.3 Å². The second kappa shape index (κ2) is 6.92. The van der Waals surface area contributed by atoms with E-state index in [2.05, 4.69) is 5.10 Å². The van der Waals surface area contributed by atoms with E-state index in [-0.39, 0.29) is 4.90 Å². The van der Waals surface area contributed by atoms with Crippen LogP contribution < -0.4 is 4.74 Å². The zero-order valence-electron chi connectivity index (χ0n) is 14.6. The van der Waals surface area contributed by atoms with Gasteiger partial charge in [-0.15, -0.1) is 0 Å². The van der Waals surface area contributed by atoms with Gasteiger partial charge < -0.3 is 9.15 Å². The number of benzene rings is 2. The first-order valence-corrected chi connectivity index (χ1v) is 9.88. The second-order valence-corrected chi connectivity index (χ2v) is 7.90. The molecule has 1 atom stereocenters. The Morgan fingerprint density at radius 1 is 1.04 bits per heavy atom. The molecule has 1 aliphatic heterocycles. The maximum absolute atomic E-state index is 13.2. The van der Waals surface area contributed by atoms with Gasteiger partial charge in [0.25, 0.3) is 10.0 Å². The number of hydrogen-bond donors (Lipinski definition) is 0. The summed E-state index contributed by atoms with van der Waals surface area (Å²) in [4.78, 5) is 0.196. The van der Waals surface area contributed by atoms with Gasteiger partial charge in [0.05, 0.1) is 24.0 Å². The molecular formula is C20H18N2O4S. The van der Waals surface area contributed by atoms with E-state index in [0.717, 1.165) is 15.7 Å². The van der Waals surface area contributed by atoms with Crippen LogP contribution in [0.15, 0.2) is 87.4 Å². The van der Waals surface area contributed by atoms with E-state index in [1.807, 2.05) is 24.3 Å². The van der Waals surface area contributed by atoms with Crippen LogP contribution in [0.4, 0.5) is 0 Å². The summed E-state index contributed by atoms with van der Waals surface area (Å²) in [5.41, 5.74) is 1.52. The molecule has 0 radical (unpaired) electrons. The van der Waals surface area contributed by atoms with Crippen molar-refractivity contribution in [1.29, 1.82) is 0 Å². The van der Waals surface area contributed by atoms with Gasteiger partial charge >= 0.3 is 0 Å². The minimum absolute atomic E-state index is 0.196. The van der Waals surface area contributed by atoms with Gasteiger partial charge in [-0.1, -0.05) is 18.2 Å². The van der Waals surface area contributed by atoms with Crippen LogP contribution >= 0.6 is 0 Å². The third kappa shape index (κ3) is 3.21. The fourth-order valence-corrected chi connectivity index (χ4v) is 4.50. The molecule has 4 rings (SSSR count). The Labute approximate surface area is 157 Å². The lowest BCUT2D eigenvalue weighted by Gasteiger charge is -2.21. The van der Waals surface area contributed by atoms with Gasteiger partial charge in [0.2, 0.25) is 0 Å². The number of ether oxygens (including phenoxy) is 1. The molecule has 2 heterocycles. The van der Waals surface area contributed by atoms with Crippen LogP contribution in [-0.2, 0) is 10.0 Å². The SMILES string of the molecule is COc1ccc(C2=NN(S(=O)(=O)c3ccccc3)[C@H](c3ccco3)C2)cc1. The van der Waals surface area contributed by atoms with E-state index in [9.17, 15) is 8.42 Å². The van der Waals surface area contributed by atoms with E-state index in [4.69, 9.17) is 9.15 Å². The number of nitrogens with zero attached hydrogens (tertiary/aromatic N) is 2. The summed E-state index contributed by atoms with van der Waals surface area (Å²) in [6, 6.07) is 18.7. The Kier molecular flexibility index (Phi) is 4.45. The first kappa shape index (κ1) is 17.4. The van der Waals surface area contributed by atoms with Crippen LogP contribution in [0.2, 0.25) is 0 Å². The lowest BCUT2D eigenvalue weighted by Crippen LogP contribution is -2.27. The summed E-state index contributed by atoms with van der Waals surface area (Å²) in [5.74, 6) is 1.29. The van der Waals surface area contributed by atoms with Gasteiger partial charge in [-0.05, 0) is 54.1 Å². The molecule has 0 unspecified atom stereocenters. The largest absolute Gasteiger partial charge is 0.497 e. The molecule has 1 aromatic heterocycles. The van der Waals surface area contributed by atoms with Crippen molar-refractivity contribution in [2.24, 2.45) is 5.10 Å². The minimum Gasteiger partial charge on any atom is -0.497 e. The van der Waals surface area contributed by atoms with Gasteiger partial charge in [-0.3, -0.25) is 0 Å². The standard InChI is InChI=1S/C20H18N2O4S/c1-25-16-11-9-15(10-12-16)18-14-19(20-8-5-13-26-20)22(21-18)27(23,24)17-6-3-2-4-7-17/h2-13,19H,14H2,1H3/t19-/m0/s1. The van der Waals surface area contributed by atoms with Crippen molar-refractivity contribution < 1.29 is 17.6 Å². The van der Waals surface area contributed by atoms with Crippen molar-refractivity contribution in [2.75, 3.05) is 7.11 Å². The van der Waals surface area contributed by atoms with Crippen molar-refractivity contribution in [2.45, 2.75) is 17.4 Å². The van der Waals surface area contributed by atoms with Crippen LogP contribution in [0, 0.1) is 0 Å². The van der Waals surface area contributed by atoms with Crippen LogP contribution in [0.5, 0.6) is 5.75 Å². The van der Waals surface area contributed by atoms with E-state index in [0.29, 0.717) is 17.9 Å². The number of rotatable bonds is 5. The minimum atomic E-state index is -3.81. The molecule has 0 bridgehead atoms. The number of methoxy groups -OCH3 is 1. The number of hydrogen-bond acceptors (Lipinski definition) is 5. The summed E-state index contributed by atoms with van der Waals surface area (Å²) in [7, 11) is -2.21. The molecule has 0 N–H and O–H groups in total. The molecule has 2 aromatic carbocycles. The van der Waals surface area contributed by atoms with Gasteiger partial charge in [0, 0.05) is 6.42 Å². The Morgan fingerprint density at radius 3 is 2.41 bits per heavy atom. The van der Waals surface area contributed by atoms with Crippen LogP contribution in [0.25, 0.3) is 0 Å². The smallest absolute Gasteiger partial charge is 0.279 e. The zero-order chi connectivity index (χ0) is 18.9. The zero-order valence-corrected chi connectivity index (χ0v) is 15.5. The molecular weight excluding hydrogens is 364 g/mol. The Bertz CT molecular complexity index is 1040. The fourth-order valence-electron chi connectivity index (χ4n) is 3.06. The summed E-state index contributed by atoms with van der Waals surface area (Å²) in [6.07, 6.45) is 1.96. The summed E-state index contributed by atoms with van der Waals surface area (Å²) >= 11 is 0. The van der Waals surface area contributed by atoms with Gasteiger partial charge in [-0.2, -0.15) is 17.9 Å². The summed E-state index contributed by atoms with van der Waals surface area (Å²) in [5, 5.41) is 4.46. The van der Waals surface area contributed by atoms with E-state index >= 15 is 0 Å². The molecule has 27 heavy (non-hydrogen) atoms. The molecule has 0 saturated carbocycles. The summed E-state index contributed by atoms with van der Waals surface area (Å²) < 4.78 is 38.2. The van der Waals surface area contributed by atoms with Crippen LogP contribution in [-0.4, -0.2) is 25.7 Å². The number of hydrazone groups is 1. The number of furan rings is 1. The first-order valence-electron chi connectivity index (χ1n) is 8.44. The van der Waals surface area contributed by atoms with Gasteiger partial charge in [-0.25, -0.2) is 0 Å². The Morgan fingerprint density at radius 2 is 1.78 bits per heavy atom. The van der Waals surface area contributed by atoms with Crippen molar-refractivity contribution >= 4 is 15.7 Å². The highest BCUT2D eigenvalue weighted by atomic mass is 32.2. The summed E-state index contributed by atoms with van der Waals surface area (Å²) in [6.45, 7) is 0. The fraction of sp³-hybridized carbons (Fsp3) is 0.150. The van der Waals surface area contributed by atoms with Crippen molar-refractivity contribution in [3.63, 3.8) is 0 Å². The first-order chi connectivity index (χ1) is 13.1. The third-order valence-electron chi connectivity index (χ3n) is 4.45. The molecule has 0 amide bonds. The second-order valence-electron chi connectivity index (χ2n) is 6.10. The van der Waals surface area contributed by atoms with Gasteiger partial charge in [0.1, 0.15) is 17.6 Å². The number of sulfonamides is 1. The molecule has 0 fully saturated rings. The Balaban J connectivity index is 1.76. The molecule has 0 saturated heterocycles. The maximum Gasteiger partial charge on any atom is 0.279 e. The highest BCUT2D eigenvalue weighted by molar-refractivity contribution is 7.89. The molecule has 7 heteroatoms. The average molecular weight is 382 g/mol. The highest BCUT2D eigenvalue weighted by Crippen LogP contribution is 2.37. The van der Waals surface area contributed by atoms with Crippen molar-refractivity contribution in [1.82, 2.24) is 4.41 Å². The third-order valence-corrected chi connectivity index (χ3v) is 6.15. The van der Waals surface area contributed by atoms with E-state index < -0.39 is 16.1 Å². The predicted molar refractivity (Wildman–Crippen MR) is 101 cm³/mol. The van der Waals surface area contributed by atoms with Crippen LogP contribution in [0.1, 0.15) is 23.8 Å². The lowest BCUT2D eigenvalue weighted by atomic mass is 10.0. The monoisotopic (exact) mass is 382 g/mol. The highest BCUT2D eigenvalue weighted by Gasteiger charge is 2.39. The molecule has 1 aliphatic rings. The molecule has 138 valence electrons. The molecule has 0 aliphatic carbocycles. The molecule has 0 spiro atoms. The van der Waals surface area contributed by atoms with E-state index in [1.54, 1.807) is 49.6 Å². The van der Waals surface area contributed by atoms with Crippen molar-refractivity contribution in [3.8, 4) is 5.75 Å². The normalized spacial score (nSPS) is 17.0. The molecule has 3 aromatic rings.